The maximum atomic E-state index is 13.8. The monoisotopic (exact) mass is 1150 g/mol. The predicted octanol–water partition coefficient (Wildman–Crippen LogP) is 0.259. The van der Waals surface area contributed by atoms with Crippen LogP contribution in [-0.2, 0) is 75.1 Å². The highest BCUT2D eigenvalue weighted by Gasteiger charge is 2.30. The molecule has 4 rings (SSSR count). The van der Waals surface area contributed by atoms with Gasteiger partial charge in [-0.15, -0.1) is 0 Å². The molecule has 0 spiro atoms. The van der Waals surface area contributed by atoms with Crippen molar-refractivity contribution in [1.82, 2.24) is 34.7 Å². The number of ether oxygens (including phenoxy) is 3. The summed E-state index contributed by atoms with van der Waals surface area (Å²) in [4.78, 5) is 146. The van der Waals surface area contributed by atoms with Crippen LogP contribution in [0.2, 0.25) is 0 Å². The molecule has 2 atom stereocenters. The molecule has 444 valence electrons. The van der Waals surface area contributed by atoms with E-state index in [0.29, 0.717) is 82.8 Å². The van der Waals surface area contributed by atoms with Crippen LogP contribution in [0.4, 0.5) is 0 Å². The van der Waals surface area contributed by atoms with Gasteiger partial charge in [-0.2, -0.15) is 11.8 Å². The molecule has 1 aromatic rings. The number of carbonyl (C=O) groups is 11. The van der Waals surface area contributed by atoms with E-state index in [2.05, 4.69) is 5.32 Å². The third-order valence-corrected chi connectivity index (χ3v) is 14.5. The molecule has 3 aliphatic rings. The normalized spacial score (nSPS) is 16.8. The van der Waals surface area contributed by atoms with Gasteiger partial charge in [-0.05, 0) is 55.2 Å². The number of nitrogens with zero attached hydrogens (tertiary/aromatic N) is 6. The van der Waals surface area contributed by atoms with Gasteiger partial charge >= 0.3 is 23.9 Å². The highest BCUT2D eigenvalue weighted by atomic mass is 32.2. The Morgan fingerprint density at radius 1 is 0.625 bits per heavy atom. The molecule has 1 fully saturated rings. The molecule has 80 heavy (non-hydrogen) atoms. The van der Waals surface area contributed by atoms with E-state index in [-0.39, 0.29) is 142 Å². The lowest BCUT2D eigenvalue weighted by Crippen LogP contribution is -2.49. The van der Waals surface area contributed by atoms with Gasteiger partial charge in [-0.25, -0.2) is 0 Å². The Morgan fingerprint density at radius 2 is 1.18 bits per heavy atom. The lowest BCUT2D eigenvalue weighted by atomic mass is 9.88. The third-order valence-electron chi connectivity index (χ3n) is 13.9. The zero-order valence-electron chi connectivity index (χ0n) is 45.8. The molecule has 5 N–H and O–H groups in total. The van der Waals surface area contributed by atoms with Gasteiger partial charge in [0.1, 0.15) is 12.4 Å². The number of nitrogens with one attached hydrogen (secondary N) is 1. The fourth-order valence-corrected chi connectivity index (χ4v) is 10.0. The first-order chi connectivity index (χ1) is 38.3. The Balaban J connectivity index is 1.11. The van der Waals surface area contributed by atoms with Crippen LogP contribution in [0, 0.1) is 11.8 Å². The quantitative estimate of drug-likeness (QED) is 0.0339. The fraction of sp³-hybridized carbons (Fsp3) is 0.648. The molecule has 0 saturated carbocycles. The van der Waals surface area contributed by atoms with Gasteiger partial charge in [0.2, 0.25) is 11.8 Å². The van der Waals surface area contributed by atoms with E-state index >= 15 is 0 Å². The summed E-state index contributed by atoms with van der Waals surface area (Å²) < 4.78 is 16.8. The Kier molecular flexibility index (Phi) is 30.2. The van der Waals surface area contributed by atoms with Crippen LogP contribution in [0.1, 0.15) is 72.9 Å². The van der Waals surface area contributed by atoms with Gasteiger partial charge in [-0.1, -0.05) is 24.6 Å². The van der Waals surface area contributed by atoms with Gasteiger partial charge in [0.05, 0.1) is 65.1 Å². The summed E-state index contributed by atoms with van der Waals surface area (Å²) in [6.45, 7) is 3.16. The SMILES string of the molecule is CSCC[C@H](CC(=O)c1cccc2c1CCN(C(=O)COCCOCCOCCCC(=O)CN1CCN(CC(=O)O)CCN(CC(=O)O)CCN(CC(=O)O)CC1)C2)C(=O)NCC(=O)C[C@@H](CCCCN1C(=O)C=CC1=O)C(=O)O. The van der Waals surface area contributed by atoms with Crippen LogP contribution >= 0.6 is 11.8 Å². The van der Waals surface area contributed by atoms with Gasteiger partial charge in [-0.3, -0.25) is 77.2 Å². The summed E-state index contributed by atoms with van der Waals surface area (Å²) >= 11 is 1.51. The number of fused-ring (bicyclic) bond motifs is 1. The van der Waals surface area contributed by atoms with E-state index in [9.17, 15) is 73.2 Å². The van der Waals surface area contributed by atoms with Crippen molar-refractivity contribution in [2.75, 3.05) is 150 Å². The molecule has 3 heterocycles. The van der Waals surface area contributed by atoms with Crippen molar-refractivity contribution in [3.05, 3.63) is 47.0 Å². The fourth-order valence-electron chi connectivity index (χ4n) is 9.48. The number of hydrogen-bond acceptors (Lipinski definition) is 19. The van der Waals surface area contributed by atoms with Gasteiger partial charge < -0.3 is 44.9 Å². The van der Waals surface area contributed by atoms with E-state index in [1.165, 1.54) is 23.9 Å². The first-order valence-corrected chi connectivity index (χ1v) is 28.5. The summed E-state index contributed by atoms with van der Waals surface area (Å²) in [6.07, 6.45) is 6.16. The minimum atomic E-state index is -1.16. The molecule has 0 aliphatic carbocycles. The predicted molar refractivity (Wildman–Crippen MR) is 290 cm³/mol. The maximum Gasteiger partial charge on any atom is 0.317 e. The van der Waals surface area contributed by atoms with Crippen molar-refractivity contribution in [2.45, 2.75) is 64.3 Å². The zero-order valence-corrected chi connectivity index (χ0v) is 46.6. The molecular weight excluding hydrogens is 1070 g/mol. The summed E-state index contributed by atoms with van der Waals surface area (Å²) in [5.41, 5.74) is 2.07. The molecule has 0 unspecified atom stereocenters. The Morgan fingerprint density at radius 3 is 1.73 bits per heavy atom. The first-order valence-electron chi connectivity index (χ1n) is 27.1. The average Bonchev–Trinajstić information content (AvgIpc) is 3.73. The molecule has 0 radical (unpaired) electrons. The Hall–Kier alpha value is -6.00. The number of Topliss-reactive ketones (excluding diaryl/α,β-unsaturated/α-hetero) is 3. The number of rotatable bonds is 37. The second kappa shape index (κ2) is 36.4. The number of hydrogen-bond donors (Lipinski definition) is 5. The van der Waals surface area contributed by atoms with E-state index in [1.54, 1.807) is 31.7 Å². The number of imide groups is 1. The number of carbonyl (C=O) groups excluding carboxylic acids is 7. The van der Waals surface area contributed by atoms with E-state index in [1.807, 2.05) is 17.2 Å². The topological polar surface area (TPSA) is 328 Å². The second-order valence-corrected chi connectivity index (χ2v) is 21.0. The first kappa shape index (κ1) is 66.5. The van der Waals surface area contributed by atoms with Gasteiger partial charge in [0.25, 0.3) is 11.8 Å². The van der Waals surface area contributed by atoms with Crippen LogP contribution in [-0.4, -0.2) is 265 Å². The molecular formula is C54H79N7O18S. The standard InChI is InChI=1S/C54H79N7O18S/c1-80-29-13-39(53(74)55-32-43(63)30-40(54(75)76)6-2-3-14-61-47(65)10-11-48(61)66)31-46(64)45-9-4-7-41-33-60(15-12-44(41)45)49(67)38-79-28-27-78-26-25-77-24-5-8-42(62)34-56-16-18-57(35-50(68)69)20-22-59(37-52(72)73)23-21-58(19-17-56)36-51(70)71/h4,7,9-11,39-40H,2-3,5-6,8,12-38H2,1H3,(H,55,74)(H,68,69)(H,70,71)(H,72,73)(H,75,76)/t39-,40-/m1/s1. The average molecular weight is 1150 g/mol. The Labute approximate surface area is 470 Å². The van der Waals surface area contributed by atoms with Crippen molar-refractivity contribution < 1.29 is 87.4 Å². The number of amides is 4. The molecule has 26 heteroatoms. The molecule has 25 nitrogen and oxygen atoms in total. The number of benzene rings is 1. The van der Waals surface area contributed by atoms with Crippen LogP contribution in [0.15, 0.2) is 30.4 Å². The van der Waals surface area contributed by atoms with E-state index < -0.39 is 65.8 Å². The van der Waals surface area contributed by atoms with Crippen molar-refractivity contribution in [1.29, 1.82) is 0 Å². The summed E-state index contributed by atoms with van der Waals surface area (Å²) in [7, 11) is 0. The van der Waals surface area contributed by atoms with Crippen LogP contribution in [0.25, 0.3) is 0 Å². The van der Waals surface area contributed by atoms with E-state index in [4.69, 9.17) is 14.2 Å². The van der Waals surface area contributed by atoms with Crippen molar-refractivity contribution in [2.24, 2.45) is 11.8 Å². The summed E-state index contributed by atoms with van der Waals surface area (Å²) in [5.74, 6) is -7.77. The largest absolute Gasteiger partial charge is 0.481 e. The van der Waals surface area contributed by atoms with Crippen LogP contribution in [0.3, 0.4) is 0 Å². The molecule has 1 saturated heterocycles. The van der Waals surface area contributed by atoms with Gasteiger partial charge in [0, 0.05) is 121 Å². The van der Waals surface area contributed by atoms with Gasteiger partial charge in [0.15, 0.2) is 11.6 Å². The lowest BCUT2D eigenvalue weighted by molar-refractivity contribution is -0.144. The molecule has 0 bridgehead atoms. The lowest BCUT2D eigenvalue weighted by Gasteiger charge is -2.32. The number of ketones is 3. The molecule has 1 aromatic carbocycles. The molecule has 4 amide bonds. The summed E-state index contributed by atoms with van der Waals surface area (Å²) in [5, 5.41) is 40.6. The smallest absolute Gasteiger partial charge is 0.317 e. The highest BCUT2D eigenvalue weighted by Crippen LogP contribution is 2.26. The Bertz CT molecular complexity index is 2270. The number of carboxylic acid groups (broad SMARTS) is 4. The van der Waals surface area contributed by atoms with Crippen LogP contribution < -0.4 is 5.32 Å². The number of carboxylic acids is 4. The van der Waals surface area contributed by atoms with E-state index in [0.717, 1.165) is 16.0 Å². The van der Waals surface area contributed by atoms with Crippen molar-refractivity contribution >= 4 is 76.6 Å². The van der Waals surface area contributed by atoms with Crippen molar-refractivity contribution in [3.8, 4) is 0 Å². The highest BCUT2D eigenvalue weighted by molar-refractivity contribution is 7.98. The molecule has 0 aromatic heterocycles. The summed E-state index contributed by atoms with van der Waals surface area (Å²) in [6, 6.07) is 5.30. The van der Waals surface area contributed by atoms with Crippen molar-refractivity contribution in [3.63, 3.8) is 0 Å². The maximum absolute atomic E-state index is 13.8. The third kappa shape index (κ3) is 25.2. The second-order valence-electron chi connectivity index (χ2n) is 20.0. The van der Waals surface area contributed by atoms with Crippen LogP contribution in [0.5, 0.6) is 0 Å². The number of aliphatic carboxylic acids is 4. The number of thioether (sulfide) groups is 1. The zero-order chi connectivity index (χ0) is 58.4. The minimum absolute atomic E-state index is 0.0511. The number of unbranched alkanes of at least 4 members (excludes halogenated alkanes) is 1. The minimum Gasteiger partial charge on any atom is -0.481 e. The molecule has 3 aliphatic heterocycles.